The molecule has 1 aliphatic rings. The van der Waals surface area contributed by atoms with Gasteiger partial charge in [-0.3, -0.25) is 4.79 Å². The molecule has 1 saturated heterocycles. The average molecular weight is 498 g/mol. The summed E-state index contributed by atoms with van der Waals surface area (Å²) in [7, 11) is 0. The minimum Gasteiger partial charge on any atom is -0.545 e. The van der Waals surface area contributed by atoms with Gasteiger partial charge in [0.15, 0.2) is 0 Å². The summed E-state index contributed by atoms with van der Waals surface area (Å²) in [5, 5.41) is 11.6. The van der Waals surface area contributed by atoms with E-state index in [1.165, 1.54) is 0 Å². The van der Waals surface area contributed by atoms with Crippen LogP contribution >= 0.6 is 0 Å². The highest BCUT2D eigenvalue weighted by Crippen LogP contribution is 2.31. The van der Waals surface area contributed by atoms with Crippen molar-refractivity contribution < 1.29 is 37.3 Å². The van der Waals surface area contributed by atoms with Gasteiger partial charge in [-0.15, -0.1) is 0 Å². The number of carboxylic acid groups (broad SMARTS) is 1. The summed E-state index contributed by atoms with van der Waals surface area (Å²) < 4.78 is 51.5. The van der Waals surface area contributed by atoms with E-state index in [1.54, 1.807) is 42.5 Å². The molecule has 1 amide bonds. The van der Waals surface area contributed by atoms with Crippen molar-refractivity contribution >= 4 is 17.6 Å². The Morgan fingerprint density at radius 2 is 1.72 bits per heavy atom. The molecule has 0 aromatic heterocycles. The second kappa shape index (κ2) is 10.8. The van der Waals surface area contributed by atoms with Crippen LogP contribution in [0.25, 0.3) is 0 Å². The van der Waals surface area contributed by atoms with E-state index in [2.05, 4.69) is 0 Å². The molecule has 0 N–H and O–H groups in total. The zero-order valence-electron chi connectivity index (χ0n) is 19.2. The average Bonchev–Trinajstić information content (AvgIpc) is 3.41. The summed E-state index contributed by atoms with van der Waals surface area (Å²) in [5.74, 6) is -3.60. The van der Waals surface area contributed by atoms with Crippen LogP contribution in [-0.2, 0) is 22.7 Å². The first-order valence-electron chi connectivity index (χ1n) is 11.3. The number of carbonyl (C=O) groups is 2. The summed E-state index contributed by atoms with van der Waals surface area (Å²) in [6.07, 6.45) is -4.27. The third-order valence-corrected chi connectivity index (χ3v) is 5.94. The predicted molar refractivity (Wildman–Crippen MR) is 123 cm³/mol. The normalized spacial score (nSPS) is 15.5. The summed E-state index contributed by atoms with van der Waals surface area (Å²) in [6.45, 7) is 0.859. The van der Waals surface area contributed by atoms with E-state index in [-0.39, 0.29) is 36.1 Å². The van der Waals surface area contributed by atoms with Crippen molar-refractivity contribution in [2.24, 2.45) is 0 Å². The van der Waals surface area contributed by atoms with Gasteiger partial charge >= 0.3 is 12.1 Å². The van der Waals surface area contributed by atoms with Crippen LogP contribution in [0.4, 0.5) is 18.9 Å². The molecule has 1 heterocycles. The maximum Gasteiger partial charge on any atom is 0.471 e. The van der Waals surface area contributed by atoms with Crippen molar-refractivity contribution in [1.82, 2.24) is 0 Å². The molecule has 0 saturated carbocycles. The van der Waals surface area contributed by atoms with Gasteiger partial charge in [-0.1, -0.05) is 54.6 Å². The molecule has 1 unspecified atom stereocenters. The number of nitrogens with zero attached hydrogens (tertiary/aromatic N) is 1. The van der Waals surface area contributed by atoms with Gasteiger partial charge in [-0.25, -0.2) is 0 Å². The molecule has 6 nitrogen and oxygen atoms in total. The minimum absolute atomic E-state index is 0.0237. The molecule has 3 aromatic rings. The fraction of sp³-hybridized carbons (Fsp3) is 0.259. The third kappa shape index (κ3) is 6.04. The number of hydrogen-bond acceptors (Lipinski definition) is 5. The highest BCUT2D eigenvalue weighted by Gasteiger charge is 2.43. The molecule has 36 heavy (non-hydrogen) atoms. The quantitative estimate of drug-likeness (QED) is 0.465. The van der Waals surface area contributed by atoms with Gasteiger partial charge in [0.05, 0.1) is 19.1 Å². The summed E-state index contributed by atoms with van der Waals surface area (Å²) in [5.41, 5.74) is 1.73. The predicted octanol–water partition coefficient (Wildman–Crippen LogP) is 4.23. The second-order valence-corrected chi connectivity index (χ2v) is 8.43. The maximum atomic E-state index is 13.5. The van der Waals surface area contributed by atoms with Crippen LogP contribution in [0.1, 0.15) is 39.4 Å². The number of hydrogen-bond donors (Lipinski definition) is 0. The van der Waals surface area contributed by atoms with Gasteiger partial charge in [0.2, 0.25) is 0 Å². The van der Waals surface area contributed by atoms with Gasteiger partial charge in [0.25, 0.3) is 0 Å². The fourth-order valence-electron chi connectivity index (χ4n) is 4.01. The standard InChI is InChI=1S/C27H24F3NO5/c28-27(29,30)26(34)31(15-18-6-8-20(9-7-18)21-12-13-35-17-21)22-10-11-23(25(32)33)24(14-22)36-16-19-4-2-1-3-5-19/h1-11,14,21H,12-13,15-17H2,(H,32,33)/p-1. The molecule has 1 fully saturated rings. The molecule has 0 radical (unpaired) electrons. The van der Waals surface area contributed by atoms with Gasteiger partial charge < -0.3 is 24.3 Å². The van der Waals surface area contributed by atoms with Gasteiger partial charge in [-0.2, -0.15) is 13.2 Å². The number of halogens is 3. The molecule has 0 aliphatic carbocycles. The Hall–Kier alpha value is -3.85. The smallest absolute Gasteiger partial charge is 0.471 e. The lowest BCUT2D eigenvalue weighted by molar-refractivity contribution is -0.255. The Bertz CT molecular complexity index is 1210. The van der Waals surface area contributed by atoms with Crippen molar-refractivity contribution in [3.05, 3.63) is 95.1 Å². The molecular weight excluding hydrogens is 475 g/mol. The zero-order chi connectivity index (χ0) is 25.7. The van der Waals surface area contributed by atoms with E-state index >= 15 is 0 Å². The topological polar surface area (TPSA) is 78.9 Å². The fourth-order valence-corrected chi connectivity index (χ4v) is 4.01. The first-order valence-corrected chi connectivity index (χ1v) is 11.3. The van der Waals surface area contributed by atoms with Gasteiger partial charge in [-0.05, 0) is 35.2 Å². The lowest BCUT2D eigenvalue weighted by Crippen LogP contribution is -2.41. The monoisotopic (exact) mass is 498 g/mol. The number of amides is 1. The molecule has 9 heteroatoms. The lowest BCUT2D eigenvalue weighted by atomic mass is 9.97. The summed E-state index contributed by atoms with van der Waals surface area (Å²) >= 11 is 0. The minimum atomic E-state index is -5.14. The Balaban J connectivity index is 1.63. The molecule has 0 bridgehead atoms. The Morgan fingerprint density at radius 3 is 2.33 bits per heavy atom. The lowest BCUT2D eigenvalue weighted by Gasteiger charge is -2.25. The molecular formula is C27H23F3NO5-. The molecule has 4 rings (SSSR count). The molecule has 188 valence electrons. The van der Waals surface area contributed by atoms with E-state index in [0.717, 1.165) is 35.7 Å². The number of ether oxygens (including phenoxy) is 2. The molecule has 3 aromatic carbocycles. The van der Waals surface area contributed by atoms with Crippen molar-refractivity contribution in [3.8, 4) is 5.75 Å². The van der Waals surface area contributed by atoms with Crippen molar-refractivity contribution in [3.63, 3.8) is 0 Å². The van der Waals surface area contributed by atoms with Crippen LogP contribution in [0.5, 0.6) is 5.75 Å². The molecule has 1 aliphatic heterocycles. The maximum absolute atomic E-state index is 13.5. The van der Waals surface area contributed by atoms with Crippen LogP contribution in [-0.4, -0.2) is 31.3 Å². The number of carboxylic acids is 1. The number of anilines is 1. The van der Waals surface area contributed by atoms with Crippen molar-refractivity contribution in [1.29, 1.82) is 0 Å². The second-order valence-electron chi connectivity index (χ2n) is 8.43. The van der Waals surface area contributed by atoms with Crippen LogP contribution in [0.3, 0.4) is 0 Å². The zero-order valence-corrected chi connectivity index (χ0v) is 19.2. The SMILES string of the molecule is O=C([O-])c1ccc(N(Cc2ccc(C3CCOC3)cc2)C(=O)C(F)(F)F)cc1OCc1ccccc1. The van der Waals surface area contributed by atoms with Crippen molar-refractivity contribution in [2.45, 2.75) is 31.7 Å². The van der Waals surface area contributed by atoms with Crippen LogP contribution in [0.15, 0.2) is 72.8 Å². The number of rotatable bonds is 8. The highest BCUT2D eigenvalue weighted by molar-refractivity contribution is 5.98. The van der Waals surface area contributed by atoms with Crippen LogP contribution in [0.2, 0.25) is 0 Å². The number of aromatic carboxylic acids is 1. The number of carbonyl (C=O) groups excluding carboxylic acids is 2. The van der Waals surface area contributed by atoms with E-state index < -0.39 is 18.1 Å². The Kier molecular flexibility index (Phi) is 7.59. The van der Waals surface area contributed by atoms with Gasteiger partial charge in [0, 0.05) is 29.8 Å². The Morgan fingerprint density at radius 1 is 1.00 bits per heavy atom. The molecule has 1 atom stereocenters. The summed E-state index contributed by atoms with van der Waals surface area (Å²) in [6, 6.07) is 19.1. The van der Waals surface area contributed by atoms with E-state index in [1.807, 2.05) is 12.1 Å². The molecule has 0 spiro atoms. The van der Waals surface area contributed by atoms with E-state index in [0.29, 0.717) is 23.7 Å². The highest BCUT2D eigenvalue weighted by atomic mass is 19.4. The van der Waals surface area contributed by atoms with E-state index in [4.69, 9.17) is 9.47 Å². The van der Waals surface area contributed by atoms with Crippen LogP contribution in [0, 0.1) is 0 Å². The largest absolute Gasteiger partial charge is 0.545 e. The first-order chi connectivity index (χ1) is 17.2. The Labute approximate surface area is 205 Å². The van der Waals surface area contributed by atoms with Crippen molar-refractivity contribution in [2.75, 3.05) is 18.1 Å². The number of benzene rings is 3. The van der Waals surface area contributed by atoms with Crippen LogP contribution < -0.4 is 14.7 Å². The first kappa shape index (κ1) is 25.2. The third-order valence-electron chi connectivity index (χ3n) is 5.94. The van der Waals surface area contributed by atoms with Gasteiger partial charge in [0.1, 0.15) is 12.4 Å². The van der Waals surface area contributed by atoms with E-state index in [9.17, 15) is 27.9 Å². The summed E-state index contributed by atoms with van der Waals surface area (Å²) in [4.78, 5) is 24.5. The number of alkyl halides is 3.